The lowest BCUT2D eigenvalue weighted by molar-refractivity contribution is 0.293. The van der Waals surface area contributed by atoms with Gasteiger partial charge in [-0.05, 0) is 41.4 Å². The van der Waals surface area contributed by atoms with E-state index in [9.17, 15) is 0 Å². The summed E-state index contributed by atoms with van der Waals surface area (Å²) >= 11 is 0. The minimum atomic E-state index is 0.874. The summed E-state index contributed by atoms with van der Waals surface area (Å²) in [6, 6.07) is 0. The van der Waals surface area contributed by atoms with Gasteiger partial charge in [0.1, 0.15) is 0 Å². The minimum absolute atomic E-state index is 0.874. The molecule has 5 atom stereocenters. The Morgan fingerprint density at radius 1 is 0.300 bits per heavy atom. The van der Waals surface area contributed by atoms with Gasteiger partial charge in [0, 0.05) is 0 Å². The fraction of sp³-hybridized carbons (Fsp3) is 1.00. The lowest BCUT2D eigenvalue weighted by Crippen LogP contribution is -2.10. The van der Waals surface area contributed by atoms with E-state index >= 15 is 0 Å². The molecule has 0 saturated carbocycles. The molecule has 0 rings (SSSR count). The normalized spacial score (nSPS) is 17.3. The molecule has 30 heavy (non-hydrogen) atoms. The van der Waals surface area contributed by atoms with Crippen LogP contribution in [0.2, 0.25) is 0 Å². The quantitative estimate of drug-likeness (QED) is 0.183. The Hall–Kier alpha value is 0. The minimum Gasteiger partial charge on any atom is -0.0628 e. The SMILES string of the molecule is CC(C)CCCC(C)CCCC(C)CCC(C)C(C)CCCC(C)CCCC(C)C. The standard InChI is InChI=1S/C30H62/c1-24(2)14-10-16-26(5)18-12-19-28(7)22-23-30(9)29(8)21-13-20-27(6)17-11-15-25(3)4/h24-30H,10-23H2,1-9H3. The van der Waals surface area contributed by atoms with Crippen molar-refractivity contribution in [2.24, 2.45) is 41.4 Å². The van der Waals surface area contributed by atoms with Gasteiger partial charge in [0.15, 0.2) is 0 Å². The summed E-state index contributed by atoms with van der Waals surface area (Å²) in [6.45, 7) is 21.9. The number of hydrogen-bond acceptors (Lipinski definition) is 0. The van der Waals surface area contributed by atoms with E-state index < -0.39 is 0 Å². The molecule has 0 aromatic carbocycles. The Morgan fingerprint density at radius 3 is 1.00 bits per heavy atom. The molecule has 0 bridgehead atoms. The number of rotatable bonds is 20. The molecule has 0 radical (unpaired) electrons. The highest BCUT2D eigenvalue weighted by atomic mass is 14.2. The van der Waals surface area contributed by atoms with Crippen LogP contribution in [0.25, 0.3) is 0 Å². The van der Waals surface area contributed by atoms with Gasteiger partial charge in [-0.3, -0.25) is 0 Å². The Labute approximate surface area is 193 Å². The predicted octanol–water partition coefficient (Wildman–Crippen LogP) is 10.9. The average Bonchev–Trinajstić information content (AvgIpc) is 2.65. The maximum Gasteiger partial charge on any atom is -0.0417 e. The van der Waals surface area contributed by atoms with Crippen LogP contribution in [0.4, 0.5) is 0 Å². The smallest absolute Gasteiger partial charge is 0.0417 e. The summed E-state index contributed by atoms with van der Waals surface area (Å²) in [4.78, 5) is 0. The highest BCUT2D eigenvalue weighted by Gasteiger charge is 2.15. The third kappa shape index (κ3) is 18.7. The van der Waals surface area contributed by atoms with Crippen molar-refractivity contribution in [2.45, 2.75) is 152 Å². The lowest BCUT2D eigenvalue weighted by atomic mass is 9.83. The van der Waals surface area contributed by atoms with Gasteiger partial charge in [0.2, 0.25) is 0 Å². The molecule has 0 nitrogen and oxygen atoms in total. The first-order chi connectivity index (χ1) is 14.1. The molecule has 182 valence electrons. The van der Waals surface area contributed by atoms with E-state index in [0.717, 1.165) is 41.4 Å². The number of hydrogen-bond donors (Lipinski definition) is 0. The summed E-state index contributed by atoms with van der Waals surface area (Å²) in [6.07, 6.45) is 20.1. The molecule has 0 aliphatic rings. The summed E-state index contributed by atoms with van der Waals surface area (Å²) < 4.78 is 0. The highest BCUT2D eigenvalue weighted by Crippen LogP contribution is 2.28. The van der Waals surface area contributed by atoms with Crippen LogP contribution in [-0.2, 0) is 0 Å². The van der Waals surface area contributed by atoms with Gasteiger partial charge in [-0.15, -0.1) is 0 Å². The van der Waals surface area contributed by atoms with Crippen LogP contribution in [0.3, 0.4) is 0 Å². The fourth-order valence-corrected chi connectivity index (χ4v) is 4.90. The lowest BCUT2D eigenvalue weighted by Gasteiger charge is -2.22. The molecule has 0 N–H and O–H groups in total. The van der Waals surface area contributed by atoms with Crippen LogP contribution in [-0.4, -0.2) is 0 Å². The van der Waals surface area contributed by atoms with Crippen LogP contribution in [0, 0.1) is 41.4 Å². The van der Waals surface area contributed by atoms with Gasteiger partial charge < -0.3 is 0 Å². The van der Waals surface area contributed by atoms with E-state index in [4.69, 9.17) is 0 Å². The molecule has 0 heterocycles. The van der Waals surface area contributed by atoms with Gasteiger partial charge >= 0.3 is 0 Å². The van der Waals surface area contributed by atoms with E-state index in [1.807, 2.05) is 0 Å². The Bertz CT molecular complexity index is 355. The van der Waals surface area contributed by atoms with Crippen molar-refractivity contribution in [1.29, 1.82) is 0 Å². The molecule has 0 aliphatic heterocycles. The van der Waals surface area contributed by atoms with Crippen LogP contribution in [0.15, 0.2) is 0 Å². The third-order valence-electron chi connectivity index (χ3n) is 7.79. The Balaban J connectivity index is 3.75. The predicted molar refractivity (Wildman–Crippen MR) is 140 cm³/mol. The van der Waals surface area contributed by atoms with Crippen molar-refractivity contribution in [3.63, 3.8) is 0 Å². The molecule has 5 unspecified atom stereocenters. The van der Waals surface area contributed by atoms with E-state index in [-0.39, 0.29) is 0 Å². The largest absolute Gasteiger partial charge is 0.0628 e. The molecule has 0 saturated heterocycles. The van der Waals surface area contributed by atoms with Crippen molar-refractivity contribution in [2.75, 3.05) is 0 Å². The van der Waals surface area contributed by atoms with Crippen molar-refractivity contribution in [3.8, 4) is 0 Å². The summed E-state index contributed by atoms with van der Waals surface area (Å²) in [5.41, 5.74) is 0. The van der Waals surface area contributed by atoms with Gasteiger partial charge in [0.25, 0.3) is 0 Å². The van der Waals surface area contributed by atoms with Crippen molar-refractivity contribution >= 4 is 0 Å². The monoisotopic (exact) mass is 422 g/mol. The summed E-state index contributed by atoms with van der Waals surface area (Å²) in [7, 11) is 0. The van der Waals surface area contributed by atoms with E-state index in [1.54, 1.807) is 0 Å². The molecular weight excluding hydrogens is 360 g/mol. The maximum absolute atomic E-state index is 2.51. The van der Waals surface area contributed by atoms with Gasteiger partial charge in [-0.1, -0.05) is 152 Å². The molecule has 0 aliphatic carbocycles. The van der Waals surface area contributed by atoms with Crippen molar-refractivity contribution in [3.05, 3.63) is 0 Å². The zero-order valence-corrected chi connectivity index (χ0v) is 22.9. The third-order valence-corrected chi connectivity index (χ3v) is 7.79. The Kier molecular flexibility index (Phi) is 18.6. The van der Waals surface area contributed by atoms with Gasteiger partial charge in [-0.25, -0.2) is 0 Å². The second-order valence-corrected chi connectivity index (χ2v) is 12.4. The molecule has 0 amide bonds. The van der Waals surface area contributed by atoms with Crippen LogP contribution >= 0.6 is 0 Å². The second kappa shape index (κ2) is 18.6. The van der Waals surface area contributed by atoms with Crippen LogP contribution in [0.5, 0.6) is 0 Å². The van der Waals surface area contributed by atoms with E-state index in [0.29, 0.717) is 0 Å². The molecule has 0 aromatic rings. The highest BCUT2D eigenvalue weighted by molar-refractivity contribution is 4.67. The van der Waals surface area contributed by atoms with Crippen molar-refractivity contribution in [1.82, 2.24) is 0 Å². The van der Waals surface area contributed by atoms with Gasteiger partial charge in [-0.2, -0.15) is 0 Å². The summed E-state index contributed by atoms with van der Waals surface area (Å²) in [5.74, 6) is 6.34. The first kappa shape index (κ1) is 30.0. The van der Waals surface area contributed by atoms with Gasteiger partial charge in [0.05, 0.1) is 0 Å². The Morgan fingerprint density at radius 2 is 0.600 bits per heavy atom. The second-order valence-electron chi connectivity index (χ2n) is 12.4. The topological polar surface area (TPSA) is 0 Å². The average molecular weight is 423 g/mol. The molecule has 0 aromatic heterocycles. The first-order valence-corrected chi connectivity index (χ1v) is 14.1. The molecule has 0 heteroatoms. The fourth-order valence-electron chi connectivity index (χ4n) is 4.90. The zero-order valence-electron chi connectivity index (χ0n) is 22.9. The summed E-state index contributed by atoms with van der Waals surface area (Å²) in [5, 5.41) is 0. The molecular formula is C30H62. The van der Waals surface area contributed by atoms with Crippen LogP contribution < -0.4 is 0 Å². The molecule has 0 spiro atoms. The van der Waals surface area contributed by atoms with E-state index in [1.165, 1.54) is 89.9 Å². The van der Waals surface area contributed by atoms with Crippen LogP contribution in [0.1, 0.15) is 152 Å². The first-order valence-electron chi connectivity index (χ1n) is 14.1. The van der Waals surface area contributed by atoms with Crippen molar-refractivity contribution < 1.29 is 0 Å². The van der Waals surface area contributed by atoms with E-state index in [2.05, 4.69) is 62.3 Å². The molecule has 0 fully saturated rings. The zero-order chi connectivity index (χ0) is 22.9. The maximum atomic E-state index is 2.51.